The number of nitrogens with one attached hydrogen (secondary N) is 5. The smallest absolute Gasteiger partial charge is 0.289 e. The SMILES string of the molecule is C=CCNC(=O)C(=O)C(CC1CC1)NC(=O)C1CCCN1C(=O)CNC(=O)C(NSc1nc2ccccc2[nH]1)C1(C)CCCCC1.CC(C)C.CCC. The van der Waals surface area contributed by atoms with E-state index >= 15 is 0 Å². The average molecular weight is 754 g/mol. The van der Waals surface area contributed by atoms with Gasteiger partial charge in [-0.1, -0.05) is 98.3 Å². The number of hydrogen-bond donors (Lipinski definition) is 5. The van der Waals surface area contributed by atoms with Gasteiger partial charge < -0.3 is 25.8 Å². The van der Waals surface area contributed by atoms with Crippen LogP contribution in [0, 0.1) is 17.3 Å². The fourth-order valence-corrected chi connectivity index (χ4v) is 7.48. The molecule has 0 spiro atoms. The summed E-state index contributed by atoms with van der Waals surface area (Å²) in [6.07, 6.45) is 11.0. The Kier molecular flexibility index (Phi) is 18.0. The number of nitrogens with zero attached hydrogens (tertiary/aromatic N) is 2. The maximum Gasteiger partial charge on any atom is 0.289 e. The van der Waals surface area contributed by atoms with E-state index in [0.29, 0.717) is 31.0 Å². The lowest BCUT2D eigenvalue weighted by molar-refractivity contribution is -0.142. The van der Waals surface area contributed by atoms with Crippen molar-refractivity contribution in [1.82, 2.24) is 35.5 Å². The molecule has 53 heavy (non-hydrogen) atoms. The maximum atomic E-state index is 13.7. The largest absolute Gasteiger partial charge is 0.346 e. The van der Waals surface area contributed by atoms with Crippen LogP contribution in [-0.2, 0) is 24.0 Å². The first-order valence-corrected chi connectivity index (χ1v) is 20.3. The molecule has 4 amide bonds. The third kappa shape index (κ3) is 13.9. The molecular weight excluding hydrogens is 691 g/mol. The number of fused-ring (bicyclic) bond motifs is 1. The predicted molar refractivity (Wildman–Crippen MR) is 212 cm³/mol. The highest BCUT2D eigenvalue weighted by atomic mass is 32.2. The maximum absolute atomic E-state index is 13.7. The zero-order valence-corrected chi connectivity index (χ0v) is 33.5. The Morgan fingerprint density at radius 3 is 2.30 bits per heavy atom. The van der Waals surface area contributed by atoms with E-state index in [1.165, 1.54) is 29.3 Å². The molecule has 13 heteroatoms. The lowest BCUT2D eigenvalue weighted by Crippen LogP contribution is -2.56. The van der Waals surface area contributed by atoms with Crippen LogP contribution >= 0.6 is 11.9 Å². The van der Waals surface area contributed by atoms with Crippen LogP contribution in [-0.4, -0.2) is 82.0 Å². The number of para-hydroxylation sites is 2. The van der Waals surface area contributed by atoms with E-state index in [4.69, 9.17) is 0 Å². The second-order valence-electron chi connectivity index (χ2n) is 15.4. The first kappa shape index (κ1) is 43.7. The Morgan fingerprint density at radius 1 is 1.02 bits per heavy atom. The van der Waals surface area contributed by atoms with Gasteiger partial charge in [-0.25, -0.2) is 9.71 Å². The molecule has 294 valence electrons. The zero-order valence-electron chi connectivity index (χ0n) is 32.7. The van der Waals surface area contributed by atoms with E-state index in [1.54, 1.807) is 0 Å². The van der Waals surface area contributed by atoms with Gasteiger partial charge in [0.05, 0.1) is 23.6 Å². The Hall–Kier alpha value is -3.71. The van der Waals surface area contributed by atoms with Gasteiger partial charge in [0.15, 0.2) is 5.16 Å². The van der Waals surface area contributed by atoms with E-state index in [1.807, 2.05) is 24.3 Å². The standard InChI is InChI=1S/C33H45N7O5S.C4H10.C3H8/c1-3-17-34-30(44)27(42)24(19-21-13-14-21)36-29(43)25-12-9-18-40(25)26(41)20-35-31(45)28(33(2)15-7-4-8-16-33)39-46-32-37-22-10-5-6-11-23(22)38-32;1-4(2)3;1-3-2/h3,5-6,10-11,21,24-25,28,39H,1,4,7-9,12-20H2,2H3,(H,34,44)(H,35,45)(H,36,43)(H,37,38);4H,1-3H3;3H2,1-2H3. The normalized spacial score (nSPS) is 18.8. The molecule has 0 bridgehead atoms. The molecule has 2 saturated carbocycles. The van der Waals surface area contributed by atoms with Crippen molar-refractivity contribution < 1.29 is 24.0 Å². The van der Waals surface area contributed by atoms with Gasteiger partial charge in [-0.3, -0.25) is 24.0 Å². The second-order valence-corrected chi connectivity index (χ2v) is 16.3. The third-order valence-electron chi connectivity index (χ3n) is 9.42. The summed E-state index contributed by atoms with van der Waals surface area (Å²) in [7, 11) is 0. The van der Waals surface area contributed by atoms with Crippen LogP contribution in [0.25, 0.3) is 11.0 Å². The minimum atomic E-state index is -0.950. The highest BCUT2D eigenvalue weighted by molar-refractivity contribution is 7.97. The number of benzene rings is 1. The van der Waals surface area contributed by atoms with Crippen LogP contribution in [0.5, 0.6) is 0 Å². The van der Waals surface area contributed by atoms with Crippen LogP contribution in [0.4, 0.5) is 0 Å². The monoisotopic (exact) mass is 753 g/mol. The summed E-state index contributed by atoms with van der Waals surface area (Å²) in [5.41, 5.74) is 1.44. The zero-order chi connectivity index (χ0) is 39.0. The molecule has 3 aliphatic rings. The van der Waals surface area contributed by atoms with Gasteiger partial charge in [0.1, 0.15) is 12.1 Å². The Labute approximate surface area is 320 Å². The summed E-state index contributed by atoms with van der Waals surface area (Å²) in [6.45, 7) is 16.7. The lowest BCUT2D eigenvalue weighted by Gasteiger charge is -2.39. The first-order valence-electron chi connectivity index (χ1n) is 19.5. The number of aromatic nitrogens is 2. The second kappa shape index (κ2) is 21.9. The van der Waals surface area contributed by atoms with E-state index in [0.717, 1.165) is 61.9 Å². The molecule has 5 rings (SSSR count). The molecule has 12 nitrogen and oxygen atoms in total. The molecule has 5 N–H and O–H groups in total. The van der Waals surface area contributed by atoms with Crippen LogP contribution in [0.3, 0.4) is 0 Å². The Bertz CT molecular complexity index is 1480. The van der Waals surface area contributed by atoms with Gasteiger partial charge >= 0.3 is 0 Å². The van der Waals surface area contributed by atoms with Crippen molar-refractivity contribution in [2.45, 2.75) is 135 Å². The number of ketones is 1. The fourth-order valence-electron chi connectivity index (χ4n) is 6.55. The van der Waals surface area contributed by atoms with Crippen molar-refractivity contribution in [1.29, 1.82) is 0 Å². The molecule has 2 aliphatic carbocycles. The predicted octanol–water partition coefficient (Wildman–Crippen LogP) is 5.84. The Balaban J connectivity index is 0.000000996. The summed E-state index contributed by atoms with van der Waals surface area (Å²) < 4.78 is 3.35. The van der Waals surface area contributed by atoms with Crippen LogP contribution in [0.2, 0.25) is 0 Å². The summed E-state index contributed by atoms with van der Waals surface area (Å²) in [4.78, 5) is 75.0. The lowest BCUT2D eigenvalue weighted by atomic mass is 9.70. The number of imidazole rings is 1. The molecule has 1 aromatic carbocycles. The summed E-state index contributed by atoms with van der Waals surface area (Å²) in [6, 6.07) is 5.43. The summed E-state index contributed by atoms with van der Waals surface area (Å²) in [5.74, 6) is -1.43. The number of carbonyl (C=O) groups excluding carboxylic acids is 5. The number of rotatable bonds is 15. The van der Waals surface area contributed by atoms with Crippen LogP contribution < -0.4 is 20.7 Å². The number of carbonyl (C=O) groups is 5. The molecule has 0 radical (unpaired) electrons. The van der Waals surface area contributed by atoms with E-state index in [2.05, 4.69) is 78.8 Å². The molecule has 3 atom stereocenters. The summed E-state index contributed by atoms with van der Waals surface area (Å²) >= 11 is 1.27. The number of aromatic amines is 1. The van der Waals surface area contributed by atoms with Crippen molar-refractivity contribution in [2.75, 3.05) is 19.6 Å². The number of H-pyrrole nitrogens is 1. The molecule has 3 fully saturated rings. The van der Waals surface area contributed by atoms with Crippen molar-refractivity contribution >= 4 is 52.4 Å². The van der Waals surface area contributed by atoms with E-state index < -0.39 is 35.7 Å². The molecule has 2 aromatic rings. The number of likely N-dealkylation sites (tertiary alicyclic amines) is 1. The van der Waals surface area contributed by atoms with Crippen LogP contribution in [0.1, 0.15) is 112 Å². The minimum Gasteiger partial charge on any atom is -0.346 e. The third-order valence-corrected chi connectivity index (χ3v) is 10.2. The molecule has 3 unspecified atom stereocenters. The molecule has 1 aromatic heterocycles. The van der Waals surface area contributed by atoms with Crippen molar-refractivity contribution in [3.8, 4) is 0 Å². The van der Waals surface area contributed by atoms with Gasteiger partial charge in [-0.15, -0.1) is 6.58 Å². The van der Waals surface area contributed by atoms with Gasteiger partial charge in [-0.05, 0) is 73.4 Å². The van der Waals surface area contributed by atoms with Gasteiger partial charge in [0.25, 0.3) is 5.91 Å². The van der Waals surface area contributed by atoms with Gasteiger partial charge in [-0.2, -0.15) is 0 Å². The van der Waals surface area contributed by atoms with Crippen LogP contribution in [0.15, 0.2) is 42.1 Å². The highest BCUT2D eigenvalue weighted by Gasteiger charge is 2.42. The van der Waals surface area contributed by atoms with E-state index in [9.17, 15) is 24.0 Å². The first-order chi connectivity index (χ1) is 25.3. The molecule has 1 saturated heterocycles. The van der Waals surface area contributed by atoms with Crippen molar-refractivity contribution in [2.24, 2.45) is 17.3 Å². The topological polar surface area (TPSA) is 165 Å². The highest BCUT2D eigenvalue weighted by Crippen LogP contribution is 2.40. The average Bonchev–Trinajstić information content (AvgIpc) is 3.62. The van der Waals surface area contributed by atoms with Crippen molar-refractivity contribution in [3.63, 3.8) is 0 Å². The van der Waals surface area contributed by atoms with Gasteiger partial charge in [0, 0.05) is 13.1 Å². The fraction of sp³-hybridized carbons (Fsp3) is 0.650. The van der Waals surface area contributed by atoms with Crippen molar-refractivity contribution in [3.05, 3.63) is 36.9 Å². The number of hydrogen-bond acceptors (Lipinski definition) is 8. The Morgan fingerprint density at radius 2 is 1.68 bits per heavy atom. The number of amides is 4. The quantitative estimate of drug-likeness (QED) is 0.0860. The van der Waals surface area contributed by atoms with Gasteiger partial charge in [0.2, 0.25) is 23.5 Å². The molecule has 1 aliphatic heterocycles. The summed E-state index contributed by atoms with van der Waals surface area (Å²) in [5, 5.41) is 8.75. The van der Waals surface area contributed by atoms with E-state index in [-0.39, 0.29) is 36.2 Å². The minimum absolute atomic E-state index is 0.152. The molecular formula is C40H63N7O5S. The molecule has 2 heterocycles. The number of Topliss-reactive ketones (excluding diaryl/α,β-unsaturated/α-hetero) is 1.